The van der Waals surface area contributed by atoms with Gasteiger partial charge in [-0.25, -0.2) is 0 Å². The van der Waals surface area contributed by atoms with Gasteiger partial charge in [0.1, 0.15) is 0 Å². The Bertz CT molecular complexity index is 501. The van der Waals surface area contributed by atoms with Crippen LogP contribution in [0.4, 0.5) is 5.95 Å². The molecule has 84 valence electrons. The highest BCUT2D eigenvalue weighted by Gasteiger charge is 2.02. The molecular formula is C12H11N5. The van der Waals surface area contributed by atoms with Crippen molar-refractivity contribution in [2.75, 3.05) is 11.9 Å². The quantitative estimate of drug-likeness (QED) is 0.629. The Morgan fingerprint density at radius 3 is 2.41 bits per heavy atom. The first-order chi connectivity index (χ1) is 8.40. The molecule has 0 saturated heterocycles. The Labute approximate surface area is 99.3 Å². The summed E-state index contributed by atoms with van der Waals surface area (Å²) >= 11 is 0. The van der Waals surface area contributed by atoms with Crippen molar-refractivity contribution < 1.29 is 0 Å². The van der Waals surface area contributed by atoms with Gasteiger partial charge in [-0.3, -0.25) is 0 Å². The van der Waals surface area contributed by atoms with Gasteiger partial charge in [0, 0.05) is 18.5 Å². The normalized spacial score (nSPS) is 9.59. The van der Waals surface area contributed by atoms with E-state index in [0.29, 0.717) is 24.7 Å². The number of rotatable bonds is 4. The van der Waals surface area contributed by atoms with E-state index in [1.54, 1.807) is 0 Å². The standard InChI is InChI=1S/C12H11N5/c1-2-3-9-13-12-16-14-11(15-17-12)10-7-5-4-6-8-10/h1,4-8H,3,9H2,(H,13,16,17). The summed E-state index contributed by atoms with van der Waals surface area (Å²) in [7, 11) is 0. The van der Waals surface area contributed by atoms with E-state index in [9.17, 15) is 0 Å². The van der Waals surface area contributed by atoms with Gasteiger partial charge < -0.3 is 5.32 Å². The van der Waals surface area contributed by atoms with Gasteiger partial charge >= 0.3 is 0 Å². The average Bonchev–Trinajstić information content (AvgIpc) is 2.41. The fourth-order valence-electron chi connectivity index (χ4n) is 1.25. The third kappa shape index (κ3) is 2.98. The Morgan fingerprint density at radius 1 is 1.06 bits per heavy atom. The van der Waals surface area contributed by atoms with Crippen molar-refractivity contribution in [3.8, 4) is 23.7 Å². The smallest absolute Gasteiger partial charge is 0.262 e. The Hall–Kier alpha value is -2.48. The third-order valence-electron chi connectivity index (χ3n) is 2.06. The molecule has 0 aliphatic rings. The summed E-state index contributed by atoms with van der Waals surface area (Å²) in [6, 6.07) is 9.57. The molecule has 0 unspecified atom stereocenters. The Balaban J connectivity index is 2.06. The molecule has 5 heteroatoms. The van der Waals surface area contributed by atoms with Crippen LogP contribution in [0.25, 0.3) is 11.4 Å². The van der Waals surface area contributed by atoms with Crippen molar-refractivity contribution >= 4 is 5.95 Å². The first-order valence-corrected chi connectivity index (χ1v) is 5.20. The summed E-state index contributed by atoms with van der Waals surface area (Å²) in [5.41, 5.74) is 0.891. The van der Waals surface area contributed by atoms with Gasteiger partial charge in [-0.2, -0.15) is 0 Å². The Kier molecular flexibility index (Phi) is 3.61. The molecule has 0 aliphatic heterocycles. The highest BCUT2D eigenvalue weighted by Crippen LogP contribution is 2.11. The topological polar surface area (TPSA) is 63.6 Å². The van der Waals surface area contributed by atoms with E-state index in [4.69, 9.17) is 6.42 Å². The number of anilines is 1. The van der Waals surface area contributed by atoms with Crippen molar-refractivity contribution in [3.05, 3.63) is 30.3 Å². The molecule has 2 rings (SSSR count). The minimum Gasteiger partial charge on any atom is -0.351 e. The van der Waals surface area contributed by atoms with Crippen LogP contribution >= 0.6 is 0 Å². The summed E-state index contributed by atoms with van der Waals surface area (Å²) in [5, 5.41) is 18.8. The summed E-state index contributed by atoms with van der Waals surface area (Å²) < 4.78 is 0. The predicted octanol–water partition coefficient (Wildman–Crippen LogP) is 1.37. The van der Waals surface area contributed by atoms with Crippen LogP contribution in [0.2, 0.25) is 0 Å². The van der Waals surface area contributed by atoms with Gasteiger partial charge in [0.2, 0.25) is 5.82 Å². The first-order valence-electron chi connectivity index (χ1n) is 5.20. The minimum absolute atomic E-state index is 0.389. The van der Waals surface area contributed by atoms with Crippen molar-refractivity contribution in [1.82, 2.24) is 20.4 Å². The van der Waals surface area contributed by atoms with E-state index in [1.165, 1.54) is 0 Å². The Morgan fingerprint density at radius 2 is 1.76 bits per heavy atom. The van der Waals surface area contributed by atoms with Crippen molar-refractivity contribution in [1.29, 1.82) is 0 Å². The maximum absolute atomic E-state index is 5.13. The SMILES string of the molecule is C#CCCNc1nnc(-c2ccccc2)nn1. The molecule has 1 N–H and O–H groups in total. The van der Waals surface area contributed by atoms with Gasteiger partial charge in [0.15, 0.2) is 0 Å². The molecular weight excluding hydrogens is 214 g/mol. The monoisotopic (exact) mass is 225 g/mol. The van der Waals surface area contributed by atoms with Crippen LogP contribution in [0.1, 0.15) is 6.42 Å². The number of hydrogen-bond donors (Lipinski definition) is 1. The van der Waals surface area contributed by atoms with Crippen LogP contribution < -0.4 is 5.32 Å². The minimum atomic E-state index is 0.389. The zero-order chi connectivity index (χ0) is 11.9. The van der Waals surface area contributed by atoms with Gasteiger partial charge in [-0.1, -0.05) is 30.3 Å². The third-order valence-corrected chi connectivity index (χ3v) is 2.06. The molecule has 0 radical (unpaired) electrons. The molecule has 0 saturated carbocycles. The van der Waals surface area contributed by atoms with E-state index in [0.717, 1.165) is 5.56 Å². The molecule has 17 heavy (non-hydrogen) atoms. The summed E-state index contributed by atoms with van der Waals surface area (Å²) in [5.74, 6) is 3.41. The van der Waals surface area contributed by atoms with Crippen LogP contribution in [0.5, 0.6) is 0 Å². The fourth-order valence-corrected chi connectivity index (χ4v) is 1.25. The lowest BCUT2D eigenvalue weighted by Gasteiger charge is -2.01. The maximum Gasteiger partial charge on any atom is 0.262 e. The molecule has 1 aromatic heterocycles. The van der Waals surface area contributed by atoms with Crippen LogP contribution in [-0.2, 0) is 0 Å². The van der Waals surface area contributed by atoms with E-state index in [-0.39, 0.29) is 0 Å². The molecule has 0 spiro atoms. The lowest BCUT2D eigenvalue weighted by Crippen LogP contribution is -2.07. The van der Waals surface area contributed by atoms with E-state index in [2.05, 4.69) is 31.6 Å². The van der Waals surface area contributed by atoms with E-state index >= 15 is 0 Å². The molecule has 0 atom stereocenters. The molecule has 0 bridgehead atoms. The molecule has 0 amide bonds. The van der Waals surface area contributed by atoms with Crippen molar-refractivity contribution in [2.45, 2.75) is 6.42 Å². The van der Waals surface area contributed by atoms with Crippen LogP contribution in [0.3, 0.4) is 0 Å². The second-order valence-corrected chi connectivity index (χ2v) is 3.29. The largest absolute Gasteiger partial charge is 0.351 e. The maximum atomic E-state index is 5.13. The zero-order valence-electron chi connectivity index (χ0n) is 9.17. The van der Waals surface area contributed by atoms with E-state index < -0.39 is 0 Å². The van der Waals surface area contributed by atoms with Crippen LogP contribution in [-0.4, -0.2) is 26.9 Å². The van der Waals surface area contributed by atoms with Crippen LogP contribution in [0.15, 0.2) is 30.3 Å². The first kappa shape index (κ1) is 11.0. The molecule has 1 aromatic carbocycles. The summed E-state index contributed by atoms with van der Waals surface area (Å²) in [4.78, 5) is 0. The zero-order valence-corrected chi connectivity index (χ0v) is 9.17. The van der Waals surface area contributed by atoms with Gasteiger partial charge in [-0.05, 0) is 0 Å². The molecule has 0 aliphatic carbocycles. The molecule has 2 aromatic rings. The lowest BCUT2D eigenvalue weighted by molar-refractivity contribution is 0.857. The molecule has 0 fully saturated rings. The second kappa shape index (κ2) is 5.56. The molecule has 5 nitrogen and oxygen atoms in total. The number of nitrogens with zero attached hydrogens (tertiary/aromatic N) is 4. The number of nitrogens with one attached hydrogen (secondary N) is 1. The second-order valence-electron chi connectivity index (χ2n) is 3.29. The number of benzene rings is 1. The number of hydrogen-bond acceptors (Lipinski definition) is 5. The average molecular weight is 225 g/mol. The van der Waals surface area contributed by atoms with Crippen molar-refractivity contribution in [2.24, 2.45) is 0 Å². The highest BCUT2D eigenvalue weighted by molar-refractivity contribution is 5.53. The van der Waals surface area contributed by atoms with Gasteiger partial charge in [0.25, 0.3) is 5.95 Å². The predicted molar refractivity (Wildman–Crippen MR) is 65.0 cm³/mol. The number of aromatic nitrogens is 4. The number of terminal acetylenes is 1. The van der Waals surface area contributed by atoms with Crippen molar-refractivity contribution in [3.63, 3.8) is 0 Å². The summed E-state index contributed by atoms with van der Waals surface area (Å²) in [6.45, 7) is 0.616. The summed E-state index contributed by atoms with van der Waals surface area (Å²) in [6.07, 6.45) is 5.75. The fraction of sp³-hybridized carbons (Fsp3) is 0.167. The molecule has 1 heterocycles. The highest BCUT2D eigenvalue weighted by atomic mass is 15.3. The van der Waals surface area contributed by atoms with Gasteiger partial charge in [0.05, 0.1) is 0 Å². The van der Waals surface area contributed by atoms with Crippen LogP contribution in [0, 0.1) is 12.3 Å². The van der Waals surface area contributed by atoms with E-state index in [1.807, 2.05) is 30.3 Å². The van der Waals surface area contributed by atoms with Gasteiger partial charge in [-0.15, -0.1) is 32.7 Å². The lowest BCUT2D eigenvalue weighted by atomic mass is 10.2.